The molecule has 1 aliphatic heterocycles. The standard InChI is InChI=1S/C18H24O5/c1-11-9-14-12(10-13(11)21-5)18(4,8-7-15(19)23-14)17(2,3)16(20)22-6/h9-10H,7-8H2,1-6H3. The van der Waals surface area contributed by atoms with Crippen molar-refractivity contribution in [3.8, 4) is 11.5 Å². The largest absolute Gasteiger partial charge is 0.496 e. The monoisotopic (exact) mass is 320 g/mol. The van der Waals surface area contributed by atoms with Crippen LogP contribution >= 0.6 is 0 Å². The lowest BCUT2D eigenvalue weighted by Gasteiger charge is -2.42. The van der Waals surface area contributed by atoms with E-state index in [4.69, 9.17) is 14.2 Å². The maximum Gasteiger partial charge on any atom is 0.312 e. The lowest BCUT2D eigenvalue weighted by Crippen LogP contribution is -2.45. The van der Waals surface area contributed by atoms with Crippen molar-refractivity contribution >= 4 is 11.9 Å². The third-order valence-electron chi connectivity index (χ3n) is 5.22. The van der Waals surface area contributed by atoms with Crippen molar-refractivity contribution in [1.82, 2.24) is 0 Å². The Kier molecular flexibility index (Phi) is 4.42. The second kappa shape index (κ2) is 5.87. The first-order valence-corrected chi connectivity index (χ1v) is 7.65. The van der Waals surface area contributed by atoms with Crippen LogP contribution in [0.15, 0.2) is 12.1 Å². The number of methoxy groups -OCH3 is 2. The molecule has 0 bridgehead atoms. The summed E-state index contributed by atoms with van der Waals surface area (Å²) in [6, 6.07) is 3.66. The smallest absolute Gasteiger partial charge is 0.312 e. The fourth-order valence-corrected chi connectivity index (χ4v) is 3.19. The van der Waals surface area contributed by atoms with Gasteiger partial charge in [-0.25, -0.2) is 0 Å². The molecule has 0 amide bonds. The molecule has 0 radical (unpaired) electrons. The van der Waals surface area contributed by atoms with Crippen molar-refractivity contribution in [2.75, 3.05) is 14.2 Å². The van der Waals surface area contributed by atoms with Gasteiger partial charge in [-0.05, 0) is 44.9 Å². The average molecular weight is 320 g/mol. The van der Waals surface area contributed by atoms with Crippen molar-refractivity contribution < 1.29 is 23.8 Å². The topological polar surface area (TPSA) is 61.8 Å². The van der Waals surface area contributed by atoms with Crippen LogP contribution in [-0.2, 0) is 19.7 Å². The molecule has 2 rings (SSSR count). The highest BCUT2D eigenvalue weighted by atomic mass is 16.5. The summed E-state index contributed by atoms with van der Waals surface area (Å²) < 4.78 is 15.9. The molecule has 0 saturated heterocycles. The highest BCUT2D eigenvalue weighted by molar-refractivity contribution is 5.81. The molecule has 0 saturated carbocycles. The number of carbonyl (C=O) groups is 2. The Morgan fingerprint density at radius 2 is 1.96 bits per heavy atom. The van der Waals surface area contributed by atoms with Gasteiger partial charge in [0.1, 0.15) is 11.5 Å². The molecular formula is C18H24O5. The van der Waals surface area contributed by atoms with Crippen molar-refractivity contribution in [2.24, 2.45) is 5.41 Å². The van der Waals surface area contributed by atoms with E-state index in [1.54, 1.807) is 13.2 Å². The molecule has 0 spiro atoms. The molecule has 1 heterocycles. The van der Waals surface area contributed by atoms with Gasteiger partial charge in [-0.15, -0.1) is 0 Å². The lowest BCUT2D eigenvalue weighted by molar-refractivity contribution is -0.155. The van der Waals surface area contributed by atoms with Crippen molar-refractivity contribution in [3.63, 3.8) is 0 Å². The van der Waals surface area contributed by atoms with Gasteiger partial charge in [0.25, 0.3) is 0 Å². The number of ether oxygens (including phenoxy) is 3. The van der Waals surface area contributed by atoms with Gasteiger partial charge in [-0.2, -0.15) is 0 Å². The van der Waals surface area contributed by atoms with E-state index in [-0.39, 0.29) is 18.4 Å². The molecule has 5 heteroatoms. The van der Waals surface area contributed by atoms with Gasteiger partial charge < -0.3 is 14.2 Å². The first-order valence-electron chi connectivity index (χ1n) is 7.65. The molecule has 23 heavy (non-hydrogen) atoms. The van der Waals surface area contributed by atoms with Crippen molar-refractivity contribution in [2.45, 2.75) is 46.0 Å². The van der Waals surface area contributed by atoms with E-state index in [2.05, 4.69) is 0 Å². The molecular weight excluding hydrogens is 296 g/mol. The predicted octanol–water partition coefficient (Wildman–Crippen LogP) is 3.16. The maximum atomic E-state index is 12.4. The summed E-state index contributed by atoms with van der Waals surface area (Å²) in [4.78, 5) is 24.4. The minimum absolute atomic E-state index is 0.243. The summed E-state index contributed by atoms with van der Waals surface area (Å²) in [7, 11) is 2.97. The van der Waals surface area contributed by atoms with E-state index < -0.39 is 10.8 Å². The molecule has 1 unspecified atom stereocenters. The molecule has 1 aromatic rings. The number of benzene rings is 1. The van der Waals surface area contributed by atoms with Crippen LogP contribution in [0.5, 0.6) is 11.5 Å². The summed E-state index contributed by atoms with van der Waals surface area (Å²) in [6.07, 6.45) is 0.736. The molecule has 0 N–H and O–H groups in total. The van der Waals surface area contributed by atoms with Crippen molar-refractivity contribution in [1.29, 1.82) is 0 Å². The van der Waals surface area contributed by atoms with E-state index in [9.17, 15) is 9.59 Å². The van der Waals surface area contributed by atoms with Crippen molar-refractivity contribution in [3.05, 3.63) is 23.3 Å². The number of aryl methyl sites for hydroxylation is 1. The number of hydrogen-bond acceptors (Lipinski definition) is 5. The number of esters is 2. The number of rotatable bonds is 3. The van der Waals surface area contributed by atoms with Crippen LogP contribution in [0.3, 0.4) is 0 Å². The average Bonchev–Trinajstić information content (AvgIpc) is 2.63. The van der Waals surface area contributed by atoms with E-state index >= 15 is 0 Å². The summed E-state index contributed by atoms with van der Waals surface area (Å²) in [5, 5.41) is 0. The van der Waals surface area contributed by atoms with E-state index in [1.807, 2.05) is 33.8 Å². The molecule has 1 aromatic carbocycles. The maximum absolute atomic E-state index is 12.4. The van der Waals surface area contributed by atoms with Gasteiger partial charge in [0.15, 0.2) is 0 Å². The normalized spacial score (nSPS) is 21.0. The van der Waals surface area contributed by atoms with Gasteiger partial charge >= 0.3 is 11.9 Å². The second-order valence-electron chi connectivity index (χ2n) is 6.74. The Bertz CT molecular complexity index is 647. The minimum Gasteiger partial charge on any atom is -0.496 e. The SMILES string of the molecule is COC(=O)C(C)(C)C1(C)CCC(=O)Oc2cc(C)c(OC)cc21. The van der Waals surface area contributed by atoms with Crippen LogP contribution in [-0.4, -0.2) is 26.2 Å². The molecule has 0 aromatic heterocycles. The fraction of sp³-hybridized carbons (Fsp3) is 0.556. The molecule has 126 valence electrons. The van der Waals surface area contributed by atoms with Crippen LogP contribution in [0.1, 0.15) is 44.7 Å². The Morgan fingerprint density at radius 3 is 2.52 bits per heavy atom. The number of carbonyl (C=O) groups excluding carboxylic acids is 2. The molecule has 1 aliphatic rings. The third kappa shape index (κ3) is 2.69. The number of hydrogen-bond donors (Lipinski definition) is 0. The van der Waals surface area contributed by atoms with Crippen LogP contribution in [0.2, 0.25) is 0 Å². The van der Waals surface area contributed by atoms with Gasteiger partial charge in [0.2, 0.25) is 0 Å². The Hall–Kier alpha value is -2.04. The van der Waals surface area contributed by atoms with Gasteiger partial charge in [0, 0.05) is 17.4 Å². The molecule has 1 atom stereocenters. The first-order chi connectivity index (χ1) is 10.7. The molecule has 5 nitrogen and oxygen atoms in total. The lowest BCUT2D eigenvalue weighted by atomic mass is 9.60. The van der Waals surface area contributed by atoms with Crippen LogP contribution in [0.4, 0.5) is 0 Å². The summed E-state index contributed by atoms with van der Waals surface area (Å²) in [5.74, 6) is 0.582. The zero-order valence-electron chi connectivity index (χ0n) is 14.6. The fourth-order valence-electron chi connectivity index (χ4n) is 3.19. The highest BCUT2D eigenvalue weighted by Gasteiger charge is 2.51. The Balaban J connectivity index is 2.72. The second-order valence-corrected chi connectivity index (χ2v) is 6.74. The Labute approximate surface area is 136 Å². The summed E-state index contributed by atoms with van der Waals surface area (Å²) in [5.41, 5.74) is 0.216. The zero-order chi connectivity index (χ0) is 17.4. The first kappa shape index (κ1) is 17.3. The summed E-state index contributed by atoms with van der Waals surface area (Å²) >= 11 is 0. The van der Waals surface area contributed by atoms with Gasteiger partial charge in [-0.1, -0.05) is 6.92 Å². The molecule has 0 aliphatic carbocycles. The predicted molar refractivity (Wildman–Crippen MR) is 85.7 cm³/mol. The van der Waals surface area contributed by atoms with Gasteiger partial charge in [-0.3, -0.25) is 9.59 Å². The quantitative estimate of drug-likeness (QED) is 0.632. The van der Waals surface area contributed by atoms with E-state index in [0.29, 0.717) is 17.9 Å². The molecule has 0 fully saturated rings. The third-order valence-corrected chi connectivity index (χ3v) is 5.22. The van der Waals surface area contributed by atoms with Crippen LogP contribution in [0, 0.1) is 12.3 Å². The zero-order valence-corrected chi connectivity index (χ0v) is 14.6. The summed E-state index contributed by atoms with van der Waals surface area (Å²) in [6.45, 7) is 7.54. The minimum atomic E-state index is -0.829. The van der Waals surface area contributed by atoms with Crippen LogP contribution < -0.4 is 9.47 Å². The highest BCUT2D eigenvalue weighted by Crippen LogP contribution is 2.51. The Morgan fingerprint density at radius 1 is 1.30 bits per heavy atom. The van der Waals surface area contributed by atoms with Gasteiger partial charge in [0.05, 0.1) is 19.6 Å². The van der Waals surface area contributed by atoms with Crippen LogP contribution in [0.25, 0.3) is 0 Å². The van der Waals surface area contributed by atoms with E-state index in [1.165, 1.54) is 7.11 Å². The van der Waals surface area contributed by atoms with E-state index in [0.717, 1.165) is 11.1 Å². The number of fused-ring (bicyclic) bond motifs is 1.